The van der Waals surface area contributed by atoms with Gasteiger partial charge in [0.25, 0.3) is 0 Å². The van der Waals surface area contributed by atoms with Crippen molar-refractivity contribution in [1.82, 2.24) is 10.6 Å². The van der Waals surface area contributed by atoms with Crippen LogP contribution >= 0.6 is 0 Å². The Morgan fingerprint density at radius 3 is 2.74 bits per heavy atom. The molecule has 2 fully saturated rings. The first-order valence-electron chi connectivity index (χ1n) is 7.08. The molecule has 0 aromatic heterocycles. The number of piperazine rings is 1. The summed E-state index contributed by atoms with van der Waals surface area (Å²) in [6, 6.07) is 8.29. The quantitative estimate of drug-likeness (QED) is 0.810. The molecule has 1 aromatic rings. The Morgan fingerprint density at radius 2 is 1.95 bits per heavy atom. The number of anilines is 1. The van der Waals surface area contributed by atoms with Gasteiger partial charge in [-0.15, -0.1) is 0 Å². The summed E-state index contributed by atoms with van der Waals surface area (Å²) in [5.41, 5.74) is 2.40. The van der Waals surface area contributed by atoms with Gasteiger partial charge >= 0.3 is 0 Å². The van der Waals surface area contributed by atoms with Gasteiger partial charge in [-0.2, -0.15) is 0 Å². The summed E-state index contributed by atoms with van der Waals surface area (Å²) in [4.78, 5) is 2.38. The van der Waals surface area contributed by atoms with E-state index in [0.29, 0.717) is 0 Å². The third kappa shape index (κ3) is 3.01. The van der Waals surface area contributed by atoms with E-state index in [0.717, 1.165) is 44.9 Å². The number of para-hydroxylation sites is 2. The summed E-state index contributed by atoms with van der Waals surface area (Å²) in [6.07, 6.45) is 4.17. The molecule has 0 saturated carbocycles. The van der Waals surface area contributed by atoms with Gasteiger partial charge in [-0.1, -0.05) is 12.1 Å². The maximum absolute atomic E-state index is 5.89. The van der Waals surface area contributed by atoms with Crippen molar-refractivity contribution in [2.75, 3.05) is 37.6 Å². The molecule has 1 aromatic carbocycles. The summed E-state index contributed by atoms with van der Waals surface area (Å²) >= 11 is 0. The van der Waals surface area contributed by atoms with Crippen LogP contribution in [0.4, 0.5) is 5.69 Å². The zero-order chi connectivity index (χ0) is 12.9. The number of nitrogens with one attached hydrogen (secondary N) is 2. The van der Waals surface area contributed by atoms with Crippen LogP contribution in [0.5, 0.6) is 5.75 Å². The molecule has 2 saturated heterocycles. The van der Waals surface area contributed by atoms with Crippen LogP contribution in [-0.4, -0.2) is 32.7 Å². The minimum Gasteiger partial charge on any atom is -0.461 e. The predicted octanol–water partition coefficient (Wildman–Crippen LogP) is 1.70. The molecule has 0 spiro atoms. The third-order valence-electron chi connectivity index (χ3n) is 3.63. The molecular weight excluding hydrogens is 238 g/mol. The smallest absolute Gasteiger partial charge is 0.149 e. The Hall–Kier alpha value is -1.68. The fraction of sp³-hybridized carbons (Fsp3) is 0.467. The van der Waals surface area contributed by atoms with Gasteiger partial charge in [0.05, 0.1) is 5.69 Å². The molecule has 4 heteroatoms. The van der Waals surface area contributed by atoms with Crippen LogP contribution in [-0.2, 0) is 0 Å². The normalized spacial score (nSPS) is 21.5. The van der Waals surface area contributed by atoms with Crippen LogP contribution in [0, 0.1) is 0 Å². The Balaban J connectivity index is 1.74. The Labute approximate surface area is 114 Å². The molecule has 4 nitrogen and oxygen atoms in total. The first-order valence-corrected chi connectivity index (χ1v) is 7.08. The van der Waals surface area contributed by atoms with Crippen molar-refractivity contribution in [1.29, 1.82) is 0 Å². The van der Waals surface area contributed by atoms with Crippen molar-refractivity contribution >= 4 is 5.69 Å². The molecule has 0 atom stereocenters. The van der Waals surface area contributed by atoms with Crippen LogP contribution in [0.1, 0.15) is 12.8 Å². The number of allylic oxidation sites excluding steroid dienone is 1. The first kappa shape index (κ1) is 12.4. The third-order valence-corrected chi connectivity index (χ3v) is 3.63. The lowest BCUT2D eigenvalue weighted by molar-refractivity contribution is 0.467. The van der Waals surface area contributed by atoms with E-state index in [1.165, 1.54) is 17.8 Å². The molecule has 2 aliphatic heterocycles. The number of nitrogens with zero attached hydrogens (tertiary/aromatic N) is 1. The average Bonchev–Trinajstić information content (AvgIpc) is 3.00. The SMILES string of the molecule is C(/Oc1ccccc1N1CCNCC1)=C1\CCCN1. The highest BCUT2D eigenvalue weighted by molar-refractivity contribution is 5.59. The van der Waals surface area contributed by atoms with Crippen LogP contribution < -0.4 is 20.3 Å². The van der Waals surface area contributed by atoms with E-state index < -0.39 is 0 Å². The average molecular weight is 259 g/mol. The van der Waals surface area contributed by atoms with E-state index >= 15 is 0 Å². The Bertz CT molecular complexity index is 444. The maximum Gasteiger partial charge on any atom is 0.149 e. The Morgan fingerprint density at radius 1 is 1.11 bits per heavy atom. The fourth-order valence-electron chi connectivity index (χ4n) is 2.58. The molecule has 0 bridgehead atoms. The van der Waals surface area contributed by atoms with Crippen LogP contribution in [0.2, 0.25) is 0 Å². The molecule has 2 N–H and O–H groups in total. The fourth-order valence-corrected chi connectivity index (χ4v) is 2.58. The maximum atomic E-state index is 5.89. The summed E-state index contributed by atoms with van der Waals surface area (Å²) < 4.78 is 5.89. The number of benzene rings is 1. The highest BCUT2D eigenvalue weighted by Gasteiger charge is 2.14. The van der Waals surface area contributed by atoms with Crippen molar-refractivity contribution in [3.8, 4) is 5.75 Å². The molecule has 3 rings (SSSR count). The van der Waals surface area contributed by atoms with E-state index in [2.05, 4.69) is 27.7 Å². The lowest BCUT2D eigenvalue weighted by Crippen LogP contribution is -2.43. The van der Waals surface area contributed by atoms with Gasteiger partial charge in [-0.05, 0) is 25.0 Å². The van der Waals surface area contributed by atoms with Crippen molar-refractivity contribution < 1.29 is 4.74 Å². The molecule has 0 radical (unpaired) electrons. The topological polar surface area (TPSA) is 36.5 Å². The first-order chi connectivity index (χ1) is 9.43. The number of hydrogen-bond acceptors (Lipinski definition) is 4. The molecule has 0 unspecified atom stereocenters. The minimum atomic E-state index is 0.950. The lowest BCUT2D eigenvalue weighted by Gasteiger charge is -2.30. The van der Waals surface area contributed by atoms with Gasteiger partial charge in [0.15, 0.2) is 0 Å². The highest BCUT2D eigenvalue weighted by Crippen LogP contribution is 2.28. The molecule has 102 valence electrons. The lowest BCUT2D eigenvalue weighted by atomic mass is 10.2. The summed E-state index contributed by atoms with van der Waals surface area (Å²) in [7, 11) is 0. The van der Waals surface area contributed by atoms with Crippen molar-refractivity contribution in [3.63, 3.8) is 0 Å². The van der Waals surface area contributed by atoms with Crippen LogP contribution in [0.15, 0.2) is 36.2 Å². The summed E-state index contributed by atoms with van der Waals surface area (Å²) in [6.45, 7) is 5.22. The zero-order valence-electron chi connectivity index (χ0n) is 11.2. The van der Waals surface area contributed by atoms with Crippen LogP contribution in [0.3, 0.4) is 0 Å². The van der Waals surface area contributed by atoms with Crippen LogP contribution in [0.25, 0.3) is 0 Å². The molecule has 0 aliphatic carbocycles. The van der Waals surface area contributed by atoms with E-state index in [1.807, 2.05) is 18.4 Å². The van der Waals surface area contributed by atoms with Gasteiger partial charge in [0, 0.05) is 38.4 Å². The monoisotopic (exact) mass is 259 g/mol. The number of rotatable bonds is 3. The van der Waals surface area contributed by atoms with E-state index in [4.69, 9.17) is 4.74 Å². The summed E-state index contributed by atoms with van der Waals surface area (Å²) in [5.74, 6) is 0.950. The Kier molecular flexibility index (Phi) is 3.89. The predicted molar refractivity (Wildman–Crippen MR) is 77.5 cm³/mol. The second-order valence-electron chi connectivity index (χ2n) is 5.00. The molecule has 2 aliphatic rings. The second-order valence-corrected chi connectivity index (χ2v) is 5.00. The molecule has 2 heterocycles. The largest absolute Gasteiger partial charge is 0.461 e. The van der Waals surface area contributed by atoms with Gasteiger partial charge in [-0.25, -0.2) is 0 Å². The zero-order valence-corrected chi connectivity index (χ0v) is 11.2. The van der Waals surface area contributed by atoms with E-state index in [-0.39, 0.29) is 0 Å². The van der Waals surface area contributed by atoms with Gasteiger partial charge < -0.3 is 20.3 Å². The second kappa shape index (κ2) is 5.97. The molecular formula is C15H21N3O. The highest BCUT2D eigenvalue weighted by atomic mass is 16.5. The van der Waals surface area contributed by atoms with Crippen molar-refractivity contribution in [2.45, 2.75) is 12.8 Å². The van der Waals surface area contributed by atoms with Crippen molar-refractivity contribution in [2.24, 2.45) is 0 Å². The molecule has 19 heavy (non-hydrogen) atoms. The molecule has 0 amide bonds. The van der Waals surface area contributed by atoms with Crippen molar-refractivity contribution in [3.05, 3.63) is 36.2 Å². The van der Waals surface area contributed by atoms with E-state index in [9.17, 15) is 0 Å². The number of ether oxygens (including phenoxy) is 1. The van der Waals surface area contributed by atoms with Gasteiger partial charge in [0.1, 0.15) is 12.0 Å². The van der Waals surface area contributed by atoms with Gasteiger partial charge in [-0.3, -0.25) is 0 Å². The van der Waals surface area contributed by atoms with Gasteiger partial charge in [0.2, 0.25) is 0 Å². The minimum absolute atomic E-state index is 0.950. The number of hydrogen-bond donors (Lipinski definition) is 2. The van der Waals surface area contributed by atoms with E-state index in [1.54, 1.807) is 0 Å². The standard InChI is InChI=1S/C15H21N3O/c1-2-6-15(19-12-13-4-3-7-17-13)14(5-1)18-10-8-16-9-11-18/h1-2,5-6,12,16-17H,3-4,7-11H2/b13-12-. The summed E-state index contributed by atoms with van der Waals surface area (Å²) in [5, 5.41) is 6.71.